The van der Waals surface area contributed by atoms with Gasteiger partial charge in [0.2, 0.25) is 0 Å². The van der Waals surface area contributed by atoms with Crippen molar-refractivity contribution in [2.24, 2.45) is 0 Å². The van der Waals surface area contributed by atoms with E-state index in [1.165, 1.54) is 0 Å². The van der Waals surface area contributed by atoms with Gasteiger partial charge in [0.1, 0.15) is 5.52 Å². The Bertz CT molecular complexity index is 1410. The molecular formula is C20H13Cl2N5O2S. The molecule has 7 nitrogen and oxygen atoms in total. The summed E-state index contributed by atoms with van der Waals surface area (Å²) in [5.41, 5.74) is 1.33. The number of amides is 1. The van der Waals surface area contributed by atoms with Gasteiger partial charge < -0.3 is 15.3 Å². The minimum Gasteiger partial charge on any atom is -0.331 e. The molecule has 4 rings (SSSR count). The number of aromatic nitrogens is 4. The third-order valence-corrected chi connectivity index (χ3v) is 4.97. The van der Waals surface area contributed by atoms with Crippen LogP contribution in [-0.4, -0.2) is 25.8 Å². The van der Waals surface area contributed by atoms with Gasteiger partial charge in [0.05, 0.1) is 5.70 Å². The quantitative estimate of drug-likeness (QED) is 0.337. The Morgan fingerprint density at radius 1 is 1.07 bits per heavy atom. The second-order valence-corrected chi connectivity index (χ2v) is 7.51. The van der Waals surface area contributed by atoms with Gasteiger partial charge >= 0.3 is 0 Å². The molecule has 2 aromatic carbocycles. The summed E-state index contributed by atoms with van der Waals surface area (Å²) in [6, 6.07) is 13.6. The van der Waals surface area contributed by atoms with E-state index < -0.39 is 5.56 Å². The first-order valence-electron chi connectivity index (χ1n) is 8.66. The average molecular weight is 458 g/mol. The van der Waals surface area contributed by atoms with Crippen LogP contribution in [0.2, 0.25) is 10.0 Å². The molecular weight excluding hydrogens is 445 g/mol. The maximum Gasteiger partial charge on any atom is 0.277 e. The van der Waals surface area contributed by atoms with Crippen molar-refractivity contribution in [1.82, 2.24) is 25.3 Å². The number of aromatic amines is 3. The first-order chi connectivity index (χ1) is 14.4. The normalized spacial score (nSPS) is 11.6. The number of benzene rings is 2. The molecule has 0 aliphatic carbocycles. The maximum atomic E-state index is 12.8. The lowest BCUT2D eigenvalue weighted by Gasteiger charge is -2.09. The van der Waals surface area contributed by atoms with Gasteiger partial charge in [-0.3, -0.25) is 14.6 Å². The van der Waals surface area contributed by atoms with Crippen LogP contribution in [0.15, 0.2) is 53.3 Å². The molecule has 2 heterocycles. The van der Waals surface area contributed by atoms with Gasteiger partial charge in [-0.2, -0.15) is 0 Å². The lowest BCUT2D eigenvalue weighted by atomic mass is 10.1. The van der Waals surface area contributed by atoms with Gasteiger partial charge in [-0.05, 0) is 54.2 Å². The van der Waals surface area contributed by atoms with Crippen molar-refractivity contribution in [2.75, 3.05) is 0 Å². The lowest BCUT2D eigenvalue weighted by Crippen LogP contribution is -2.22. The van der Waals surface area contributed by atoms with E-state index in [9.17, 15) is 9.59 Å². The summed E-state index contributed by atoms with van der Waals surface area (Å²) < 4.78 is 0.141. The molecule has 0 radical (unpaired) electrons. The largest absolute Gasteiger partial charge is 0.331 e. The van der Waals surface area contributed by atoms with E-state index >= 15 is 0 Å². The van der Waals surface area contributed by atoms with Gasteiger partial charge in [0.15, 0.2) is 16.2 Å². The number of H-pyrrole nitrogens is 3. The van der Waals surface area contributed by atoms with Crippen molar-refractivity contribution >= 4 is 64.3 Å². The van der Waals surface area contributed by atoms with Crippen LogP contribution in [0, 0.1) is 4.77 Å². The molecule has 30 heavy (non-hydrogen) atoms. The lowest BCUT2D eigenvalue weighted by molar-refractivity contribution is 0.0973. The van der Waals surface area contributed by atoms with Crippen LogP contribution in [-0.2, 0) is 0 Å². The minimum absolute atomic E-state index is 0.141. The number of rotatable bonds is 4. The topological polar surface area (TPSA) is 106 Å². The Hall–Kier alpha value is -3.20. The zero-order valence-corrected chi connectivity index (χ0v) is 17.5. The second kappa shape index (κ2) is 8.27. The molecule has 0 aliphatic heterocycles. The number of halogens is 2. The highest BCUT2D eigenvalue weighted by atomic mass is 35.5. The van der Waals surface area contributed by atoms with Crippen LogP contribution in [0.5, 0.6) is 0 Å². The second-order valence-electron chi connectivity index (χ2n) is 6.26. The summed E-state index contributed by atoms with van der Waals surface area (Å²) in [5.74, 6) is -0.116. The van der Waals surface area contributed by atoms with Crippen LogP contribution in [0.4, 0.5) is 0 Å². The number of nitrogens with one attached hydrogen (secondary N) is 4. The summed E-state index contributed by atoms with van der Waals surface area (Å²) in [4.78, 5) is 37.5. The third kappa shape index (κ3) is 4.20. The molecule has 0 spiro atoms. The predicted molar refractivity (Wildman–Crippen MR) is 120 cm³/mol. The molecule has 1 amide bonds. The van der Waals surface area contributed by atoms with Crippen LogP contribution >= 0.6 is 35.4 Å². The molecule has 2 aromatic heterocycles. The van der Waals surface area contributed by atoms with Crippen LogP contribution in [0.25, 0.3) is 22.9 Å². The third-order valence-electron chi connectivity index (χ3n) is 4.19. The fourth-order valence-corrected chi connectivity index (χ4v) is 3.33. The van der Waals surface area contributed by atoms with Gasteiger partial charge in [-0.15, -0.1) is 0 Å². The molecule has 0 bridgehead atoms. The zero-order valence-electron chi connectivity index (χ0n) is 15.1. The molecule has 0 aliphatic rings. The molecule has 4 aromatic rings. The fraction of sp³-hybridized carbons (Fsp3) is 0. The summed E-state index contributed by atoms with van der Waals surface area (Å²) in [7, 11) is 0. The monoisotopic (exact) mass is 457 g/mol. The van der Waals surface area contributed by atoms with E-state index in [2.05, 4.69) is 25.3 Å². The Balaban J connectivity index is 1.85. The number of nitrogens with zero attached hydrogens (tertiary/aromatic N) is 1. The van der Waals surface area contributed by atoms with Crippen molar-refractivity contribution in [3.05, 3.63) is 90.7 Å². The van der Waals surface area contributed by atoms with E-state index in [1.807, 2.05) is 6.07 Å². The number of hydrogen-bond acceptors (Lipinski definition) is 4. The highest BCUT2D eigenvalue weighted by Crippen LogP contribution is 2.25. The summed E-state index contributed by atoms with van der Waals surface area (Å²) >= 11 is 17.4. The highest BCUT2D eigenvalue weighted by Gasteiger charge is 2.15. The van der Waals surface area contributed by atoms with E-state index in [0.29, 0.717) is 26.9 Å². The van der Waals surface area contributed by atoms with Gasteiger partial charge in [0, 0.05) is 15.6 Å². The molecule has 4 N–H and O–H groups in total. The van der Waals surface area contributed by atoms with Crippen molar-refractivity contribution in [3.8, 4) is 0 Å². The van der Waals surface area contributed by atoms with E-state index in [4.69, 9.17) is 35.4 Å². The van der Waals surface area contributed by atoms with E-state index in [0.717, 1.165) is 0 Å². The highest BCUT2D eigenvalue weighted by molar-refractivity contribution is 7.71. The predicted octanol–water partition coefficient (Wildman–Crippen LogP) is 4.54. The molecule has 0 saturated heterocycles. The van der Waals surface area contributed by atoms with Crippen molar-refractivity contribution in [1.29, 1.82) is 0 Å². The van der Waals surface area contributed by atoms with Crippen molar-refractivity contribution in [3.63, 3.8) is 0 Å². The zero-order chi connectivity index (χ0) is 21.3. The average Bonchev–Trinajstić information content (AvgIpc) is 3.15. The van der Waals surface area contributed by atoms with E-state index in [1.54, 1.807) is 48.5 Å². The van der Waals surface area contributed by atoms with Crippen molar-refractivity contribution in [2.45, 2.75) is 0 Å². The molecule has 0 atom stereocenters. The first-order valence-corrected chi connectivity index (χ1v) is 9.83. The van der Waals surface area contributed by atoms with Gasteiger partial charge in [-0.1, -0.05) is 41.4 Å². The van der Waals surface area contributed by atoms with Crippen LogP contribution in [0.1, 0.15) is 21.7 Å². The van der Waals surface area contributed by atoms with Crippen molar-refractivity contribution < 1.29 is 4.79 Å². The number of fused-ring (bicyclic) bond motifs is 1. The Morgan fingerprint density at radius 2 is 1.83 bits per heavy atom. The SMILES string of the molecule is O=C(N/C(=C\c1cc(Cl)ccc1Cl)c1nc2[nH]c(=S)[nH]c(=O)c2[nH]1)c1ccccc1. The Kier molecular flexibility index (Phi) is 5.54. The van der Waals surface area contributed by atoms with Gasteiger partial charge in [-0.25, -0.2) is 4.98 Å². The summed E-state index contributed by atoms with van der Waals surface area (Å²) in [5, 5.41) is 3.72. The number of hydrogen-bond donors (Lipinski definition) is 4. The maximum absolute atomic E-state index is 12.8. The first kappa shape index (κ1) is 20.1. The van der Waals surface area contributed by atoms with Gasteiger partial charge in [0.25, 0.3) is 11.5 Å². The standard InChI is InChI=1S/C20H13Cl2N5O2S/c21-12-6-7-13(22)11(8-12)9-14(23-18(28)10-4-2-1-3-5-10)16-24-15-17(25-16)26-20(30)27-19(15)29/h1-9H,(H,23,28)(H3,24,25,26,27,29,30)/b14-9-. The van der Waals surface area contributed by atoms with Crippen LogP contribution < -0.4 is 10.9 Å². The molecule has 0 saturated carbocycles. The number of imidazole rings is 1. The summed E-state index contributed by atoms with van der Waals surface area (Å²) in [6.45, 7) is 0. The number of carbonyl (C=O) groups excluding carboxylic acids is 1. The number of carbonyl (C=O) groups is 1. The molecule has 150 valence electrons. The smallest absolute Gasteiger partial charge is 0.277 e. The van der Waals surface area contributed by atoms with Crippen LogP contribution in [0.3, 0.4) is 0 Å². The molecule has 0 fully saturated rings. The fourth-order valence-electron chi connectivity index (χ4n) is 2.79. The Labute approximate surface area is 184 Å². The Morgan fingerprint density at radius 3 is 2.60 bits per heavy atom. The minimum atomic E-state index is -0.429. The molecule has 0 unspecified atom stereocenters. The van der Waals surface area contributed by atoms with E-state index in [-0.39, 0.29) is 27.7 Å². The summed E-state index contributed by atoms with van der Waals surface area (Å²) in [6.07, 6.45) is 1.62. The molecule has 10 heteroatoms.